The molecule has 3 aromatic rings. The van der Waals surface area contributed by atoms with Gasteiger partial charge in [0.25, 0.3) is 10.0 Å². The van der Waals surface area contributed by atoms with Gasteiger partial charge >= 0.3 is 0 Å². The molecule has 0 aliphatic carbocycles. The molecule has 0 saturated carbocycles. The molecule has 23 heavy (non-hydrogen) atoms. The smallest absolute Gasteiger partial charge is 0.276 e. The number of hydrogen-bond donors (Lipinski definition) is 0. The van der Waals surface area contributed by atoms with Crippen molar-refractivity contribution < 1.29 is 17.4 Å². The quantitative estimate of drug-likeness (QED) is 0.701. The number of thiazole rings is 1. The maximum atomic E-state index is 12.6. The molecule has 122 valence electrons. The minimum absolute atomic E-state index is 0.140. The molecular formula is C14H15N3O4S2. The second kappa shape index (κ2) is 5.91. The summed E-state index contributed by atoms with van der Waals surface area (Å²) in [5.41, 5.74) is 3.91. The predicted molar refractivity (Wildman–Crippen MR) is 84.4 cm³/mol. The first-order chi connectivity index (χ1) is 10.9. The highest BCUT2D eigenvalue weighted by atomic mass is 32.2. The van der Waals surface area contributed by atoms with Gasteiger partial charge in [0.15, 0.2) is 5.76 Å². The van der Waals surface area contributed by atoms with Crippen molar-refractivity contribution in [3.63, 3.8) is 0 Å². The van der Waals surface area contributed by atoms with Crippen LogP contribution >= 0.6 is 11.3 Å². The van der Waals surface area contributed by atoms with Crippen LogP contribution < -0.4 is 0 Å². The van der Waals surface area contributed by atoms with Gasteiger partial charge in [-0.1, -0.05) is 5.16 Å². The van der Waals surface area contributed by atoms with Crippen LogP contribution in [0.15, 0.2) is 37.1 Å². The largest absolute Gasteiger partial charge is 0.440 e. The third kappa shape index (κ3) is 2.94. The number of aryl methyl sites for hydroxylation is 1. The zero-order valence-electron chi connectivity index (χ0n) is 12.8. The maximum Gasteiger partial charge on any atom is 0.276 e. The summed E-state index contributed by atoms with van der Waals surface area (Å²) in [5, 5.41) is 5.51. The van der Waals surface area contributed by atoms with Crippen molar-refractivity contribution in [2.75, 3.05) is 7.05 Å². The van der Waals surface area contributed by atoms with Crippen molar-refractivity contribution >= 4 is 21.4 Å². The van der Waals surface area contributed by atoms with Gasteiger partial charge in [-0.05, 0) is 26.0 Å². The van der Waals surface area contributed by atoms with Gasteiger partial charge in [-0.2, -0.15) is 4.31 Å². The number of rotatable bonds is 5. The van der Waals surface area contributed by atoms with Crippen molar-refractivity contribution in [3.05, 3.63) is 40.0 Å². The van der Waals surface area contributed by atoms with E-state index in [9.17, 15) is 8.42 Å². The second-order valence-electron chi connectivity index (χ2n) is 5.08. The summed E-state index contributed by atoms with van der Waals surface area (Å²) in [5.74, 6) is 0.773. The lowest BCUT2D eigenvalue weighted by Gasteiger charge is -2.13. The van der Waals surface area contributed by atoms with E-state index >= 15 is 0 Å². The van der Waals surface area contributed by atoms with E-state index in [1.165, 1.54) is 28.8 Å². The van der Waals surface area contributed by atoms with Crippen LogP contribution in [0, 0.1) is 13.8 Å². The molecular weight excluding hydrogens is 338 g/mol. The van der Waals surface area contributed by atoms with E-state index in [4.69, 9.17) is 8.94 Å². The first kappa shape index (κ1) is 15.9. The average molecular weight is 353 g/mol. The van der Waals surface area contributed by atoms with E-state index < -0.39 is 10.0 Å². The summed E-state index contributed by atoms with van der Waals surface area (Å²) >= 11 is 1.42. The lowest BCUT2D eigenvalue weighted by molar-refractivity contribution is 0.386. The molecule has 0 amide bonds. The fourth-order valence-electron chi connectivity index (χ4n) is 2.01. The van der Waals surface area contributed by atoms with E-state index in [1.807, 2.05) is 13.8 Å². The molecule has 3 aromatic heterocycles. The Hall–Kier alpha value is -1.97. The molecule has 9 heteroatoms. The summed E-state index contributed by atoms with van der Waals surface area (Å²) in [7, 11) is -2.25. The van der Waals surface area contributed by atoms with Gasteiger partial charge in [-0.15, -0.1) is 11.3 Å². The van der Waals surface area contributed by atoms with Crippen molar-refractivity contribution in [2.45, 2.75) is 25.5 Å². The van der Waals surface area contributed by atoms with Gasteiger partial charge in [0, 0.05) is 18.0 Å². The number of hydrogen-bond acceptors (Lipinski definition) is 7. The number of nitrogens with zero attached hydrogens (tertiary/aromatic N) is 3. The Balaban J connectivity index is 1.88. The van der Waals surface area contributed by atoms with Crippen LogP contribution in [-0.4, -0.2) is 29.9 Å². The van der Waals surface area contributed by atoms with Crippen molar-refractivity contribution in [2.24, 2.45) is 0 Å². The number of furan rings is 1. The molecule has 0 saturated heterocycles. The molecule has 3 heterocycles. The fourth-order valence-corrected chi connectivity index (χ4v) is 3.60. The van der Waals surface area contributed by atoms with Gasteiger partial charge in [-0.25, -0.2) is 13.4 Å². The summed E-state index contributed by atoms with van der Waals surface area (Å²) in [6, 6.07) is 2.98. The van der Waals surface area contributed by atoms with E-state index in [0.717, 1.165) is 11.3 Å². The molecule has 0 aromatic carbocycles. The highest BCUT2D eigenvalue weighted by Crippen LogP contribution is 2.29. The molecule has 0 aliphatic rings. The third-order valence-electron chi connectivity index (χ3n) is 3.49. The zero-order chi connectivity index (χ0) is 16.6. The molecule has 7 nitrogen and oxygen atoms in total. The molecule has 0 bridgehead atoms. The number of aromatic nitrogens is 2. The van der Waals surface area contributed by atoms with Crippen molar-refractivity contribution in [3.8, 4) is 11.5 Å². The molecule has 0 aliphatic heterocycles. The maximum absolute atomic E-state index is 12.6. The summed E-state index contributed by atoms with van der Waals surface area (Å²) in [4.78, 5) is 4.09. The Bertz CT molecular complexity index is 910. The lowest BCUT2D eigenvalue weighted by atomic mass is 10.2. The average Bonchev–Trinajstić information content (AvgIpc) is 3.22. The standard InChI is InChI=1S/C14H15N3O4S2/c1-9-10(2)16-21-14(9)12-4-5-13(20-12)23(18,19)17(3)6-11-7-22-8-15-11/h4-5,7-8H,6H2,1-3H3. The van der Waals surface area contributed by atoms with E-state index in [2.05, 4.69) is 10.1 Å². The molecule has 0 atom stereocenters. The van der Waals surface area contributed by atoms with Crippen LogP contribution in [-0.2, 0) is 16.6 Å². The highest BCUT2D eigenvalue weighted by molar-refractivity contribution is 7.88. The van der Waals surface area contributed by atoms with Gasteiger partial charge in [0.05, 0.1) is 23.4 Å². The van der Waals surface area contributed by atoms with Gasteiger partial charge in [0.1, 0.15) is 0 Å². The van der Waals surface area contributed by atoms with E-state index in [1.54, 1.807) is 17.0 Å². The summed E-state index contributed by atoms with van der Waals surface area (Å²) < 4.78 is 37.0. The topological polar surface area (TPSA) is 89.4 Å². The second-order valence-corrected chi connectivity index (χ2v) is 7.78. The third-order valence-corrected chi connectivity index (χ3v) is 5.81. The monoisotopic (exact) mass is 353 g/mol. The Kier molecular flexibility index (Phi) is 4.09. The van der Waals surface area contributed by atoms with Crippen LogP contribution in [0.25, 0.3) is 11.5 Å². The van der Waals surface area contributed by atoms with Crippen LogP contribution in [0.5, 0.6) is 0 Å². The Labute approximate surface area is 137 Å². The molecule has 0 unspecified atom stereocenters. The van der Waals surface area contributed by atoms with E-state index in [0.29, 0.717) is 17.2 Å². The number of sulfonamides is 1. The zero-order valence-corrected chi connectivity index (χ0v) is 14.4. The Morgan fingerprint density at radius 3 is 2.70 bits per heavy atom. The summed E-state index contributed by atoms with van der Waals surface area (Å²) in [6.07, 6.45) is 0. The Morgan fingerprint density at radius 2 is 2.09 bits per heavy atom. The normalized spacial score (nSPS) is 12.2. The van der Waals surface area contributed by atoms with Gasteiger partial charge < -0.3 is 8.94 Å². The van der Waals surface area contributed by atoms with Gasteiger partial charge in [-0.3, -0.25) is 0 Å². The molecule has 0 N–H and O–H groups in total. The van der Waals surface area contributed by atoms with Crippen molar-refractivity contribution in [1.29, 1.82) is 0 Å². The highest BCUT2D eigenvalue weighted by Gasteiger charge is 2.26. The van der Waals surface area contributed by atoms with E-state index in [-0.39, 0.29) is 11.6 Å². The molecule has 0 radical (unpaired) electrons. The van der Waals surface area contributed by atoms with Crippen LogP contribution in [0.4, 0.5) is 0 Å². The van der Waals surface area contributed by atoms with Crippen LogP contribution in [0.2, 0.25) is 0 Å². The molecule has 0 spiro atoms. The first-order valence-corrected chi connectivity index (χ1v) is 9.14. The lowest BCUT2D eigenvalue weighted by Crippen LogP contribution is -2.26. The molecule has 3 rings (SSSR count). The summed E-state index contributed by atoms with van der Waals surface area (Å²) in [6.45, 7) is 3.83. The van der Waals surface area contributed by atoms with Crippen molar-refractivity contribution in [1.82, 2.24) is 14.4 Å². The Morgan fingerprint density at radius 1 is 1.30 bits per heavy atom. The predicted octanol–water partition coefficient (Wildman–Crippen LogP) is 2.83. The minimum atomic E-state index is -3.74. The van der Waals surface area contributed by atoms with Crippen LogP contribution in [0.1, 0.15) is 17.0 Å². The minimum Gasteiger partial charge on any atom is -0.440 e. The fraction of sp³-hybridized carbons (Fsp3) is 0.286. The molecule has 0 fully saturated rings. The SMILES string of the molecule is Cc1noc(-c2ccc(S(=O)(=O)N(C)Cc3cscn3)o2)c1C. The van der Waals surface area contributed by atoms with Gasteiger partial charge in [0.2, 0.25) is 10.9 Å². The first-order valence-electron chi connectivity index (χ1n) is 6.76. The van der Waals surface area contributed by atoms with Crippen LogP contribution in [0.3, 0.4) is 0 Å².